The number of ether oxygens (including phenoxy) is 3. The van der Waals surface area contributed by atoms with Crippen LogP contribution in [0.25, 0.3) is 5.76 Å². The van der Waals surface area contributed by atoms with Crippen LogP contribution in [0.3, 0.4) is 0 Å². The lowest BCUT2D eigenvalue weighted by molar-refractivity contribution is -0.145. The predicted molar refractivity (Wildman–Crippen MR) is 129 cm³/mol. The van der Waals surface area contributed by atoms with Gasteiger partial charge in [-0.05, 0) is 46.1 Å². The smallest absolute Gasteiger partial charge is 0.323 e. The third-order valence-electron chi connectivity index (χ3n) is 4.77. The van der Waals surface area contributed by atoms with Crippen LogP contribution in [0.2, 0.25) is 0 Å². The Hall–Kier alpha value is -1.94. The van der Waals surface area contributed by atoms with Crippen molar-refractivity contribution in [3.05, 3.63) is 16.6 Å². The minimum atomic E-state index is -3.66. The third-order valence-corrected chi connectivity index (χ3v) is 8.34. The maximum atomic E-state index is 14.1. The van der Waals surface area contributed by atoms with Gasteiger partial charge in [-0.15, -0.1) is 11.3 Å². The van der Waals surface area contributed by atoms with Crippen LogP contribution in [0.4, 0.5) is 5.13 Å². The number of nitrogens with zero attached hydrogens (tertiary/aromatic N) is 1. The van der Waals surface area contributed by atoms with Gasteiger partial charge in [-0.25, -0.2) is 15.2 Å². The molecule has 0 aromatic carbocycles. The van der Waals surface area contributed by atoms with Gasteiger partial charge in [0.1, 0.15) is 23.5 Å². The molecule has 2 heterocycles. The molecule has 0 fully saturated rings. The molecule has 0 saturated carbocycles. The minimum absolute atomic E-state index is 0.192. The molecule has 33 heavy (non-hydrogen) atoms. The highest BCUT2D eigenvalue weighted by Gasteiger charge is 2.43. The Bertz CT molecular complexity index is 889. The lowest BCUT2D eigenvalue weighted by Gasteiger charge is -2.30. The van der Waals surface area contributed by atoms with Crippen molar-refractivity contribution >= 4 is 41.6 Å². The number of hydrogen-bond acceptors (Lipinski definition) is 9. The molecular weight excluding hydrogens is 467 g/mol. The first kappa shape index (κ1) is 27.3. The lowest BCUT2D eigenvalue weighted by atomic mass is 10.1. The van der Waals surface area contributed by atoms with Crippen LogP contribution >= 0.6 is 18.8 Å². The molecule has 10 nitrogen and oxygen atoms in total. The van der Waals surface area contributed by atoms with Crippen LogP contribution in [0.5, 0.6) is 0 Å². The molecule has 2 rings (SSSR count). The predicted octanol–water partition coefficient (Wildman–Crippen LogP) is 3.29. The van der Waals surface area contributed by atoms with Crippen LogP contribution in [-0.4, -0.2) is 48.1 Å². The summed E-state index contributed by atoms with van der Waals surface area (Å²) in [6.07, 6.45) is 2.88. The van der Waals surface area contributed by atoms with E-state index in [-0.39, 0.29) is 19.6 Å². The molecule has 1 aliphatic rings. The molecule has 0 saturated heterocycles. The molecule has 1 aliphatic heterocycles. The minimum Gasteiger partial charge on any atom is -0.478 e. The van der Waals surface area contributed by atoms with Crippen molar-refractivity contribution in [1.82, 2.24) is 15.2 Å². The molecule has 0 amide bonds. The summed E-state index contributed by atoms with van der Waals surface area (Å²) in [6, 6.07) is -1.78. The van der Waals surface area contributed by atoms with Gasteiger partial charge in [0.05, 0.1) is 13.2 Å². The van der Waals surface area contributed by atoms with Crippen LogP contribution in [0.1, 0.15) is 58.5 Å². The normalized spacial score (nSPS) is 19.4. The van der Waals surface area contributed by atoms with E-state index in [9.17, 15) is 14.2 Å². The zero-order valence-corrected chi connectivity index (χ0v) is 21.8. The number of nitrogens with one attached hydrogen (secondary N) is 2. The molecule has 0 spiro atoms. The Balaban J connectivity index is 2.27. The largest absolute Gasteiger partial charge is 0.478 e. The van der Waals surface area contributed by atoms with E-state index in [1.54, 1.807) is 27.7 Å². The average Bonchev–Trinajstić information content (AvgIpc) is 3.34. The standard InChI is InChI=1S/C21H35N4O6PS/c1-7-29-19(26)13(5)24-32(28,25-14(6)20(27)30-8-2)17-10-9-15(31-17)18-16(11-12(3)4)33-21(22)23-18/h9,12-14,17H,7-8,10-11H2,1-6H3,(H2,22,23)(H2,24,25,28)/t13-,14?,17?,32?/m0/s1. The van der Waals surface area contributed by atoms with Gasteiger partial charge in [0.2, 0.25) is 0 Å². The fourth-order valence-corrected chi connectivity index (χ4v) is 6.80. The fraction of sp³-hybridized carbons (Fsp3) is 0.667. The maximum Gasteiger partial charge on any atom is 0.323 e. The third kappa shape index (κ3) is 7.27. The molecule has 3 unspecified atom stereocenters. The first-order chi connectivity index (χ1) is 15.5. The SMILES string of the molecule is CCOC(=O)C(C)NP(=O)(N[C@@H](C)C(=O)OCC)C1CC=C(c2nc(N)sc2CC(C)C)O1. The molecule has 0 bridgehead atoms. The second kappa shape index (κ2) is 12.0. The van der Waals surface area contributed by atoms with Crippen molar-refractivity contribution < 1.29 is 28.4 Å². The van der Waals surface area contributed by atoms with Gasteiger partial charge < -0.3 is 19.9 Å². The molecule has 186 valence electrons. The summed E-state index contributed by atoms with van der Waals surface area (Å²) in [5.41, 5.74) is 6.58. The Morgan fingerprint density at radius 1 is 1.18 bits per heavy atom. The molecule has 0 aliphatic carbocycles. The van der Waals surface area contributed by atoms with E-state index in [1.807, 2.05) is 6.08 Å². The van der Waals surface area contributed by atoms with E-state index in [0.29, 0.717) is 22.5 Å². The Labute approximate surface area is 199 Å². The van der Waals surface area contributed by atoms with Gasteiger partial charge in [-0.3, -0.25) is 14.2 Å². The number of hydrogen-bond donors (Lipinski definition) is 3. The Morgan fingerprint density at radius 2 is 1.73 bits per heavy atom. The molecule has 1 aromatic heterocycles. The molecule has 12 heteroatoms. The first-order valence-corrected chi connectivity index (χ1v) is 13.7. The number of nitrogen functional groups attached to an aromatic ring is 1. The monoisotopic (exact) mass is 502 g/mol. The molecular formula is C21H35N4O6PS. The number of anilines is 1. The van der Waals surface area contributed by atoms with Gasteiger partial charge in [0, 0.05) is 11.3 Å². The Morgan fingerprint density at radius 3 is 2.21 bits per heavy atom. The number of rotatable bonds is 12. The first-order valence-electron chi connectivity index (χ1n) is 11.1. The van der Waals surface area contributed by atoms with Gasteiger partial charge in [-0.1, -0.05) is 13.8 Å². The number of nitrogens with two attached hydrogens (primary N) is 1. The Kier molecular flexibility index (Phi) is 9.90. The molecule has 0 radical (unpaired) electrons. The van der Waals surface area contributed by atoms with Crippen LogP contribution in [-0.2, 0) is 34.8 Å². The van der Waals surface area contributed by atoms with Crippen molar-refractivity contribution in [2.24, 2.45) is 5.92 Å². The van der Waals surface area contributed by atoms with Crippen molar-refractivity contribution in [3.8, 4) is 0 Å². The average molecular weight is 503 g/mol. The van der Waals surface area contributed by atoms with Crippen molar-refractivity contribution in [2.75, 3.05) is 18.9 Å². The molecule has 4 N–H and O–H groups in total. The highest BCUT2D eigenvalue weighted by molar-refractivity contribution is 7.60. The summed E-state index contributed by atoms with van der Waals surface area (Å²) in [5.74, 6) is -1.09. The topological polar surface area (TPSA) is 142 Å². The summed E-state index contributed by atoms with van der Waals surface area (Å²) < 4.78 is 30.2. The van der Waals surface area contributed by atoms with Crippen molar-refractivity contribution in [1.29, 1.82) is 0 Å². The van der Waals surface area contributed by atoms with Crippen LogP contribution in [0, 0.1) is 5.92 Å². The summed E-state index contributed by atoms with van der Waals surface area (Å²) in [5, 5.41) is 6.10. The van der Waals surface area contributed by atoms with Gasteiger partial charge in [0.25, 0.3) is 7.44 Å². The van der Waals surface area contributed by atoms with Crippen molar-refractivity contribution in [2.45, 2.75) is 72.3 Å². The fourth-order valence-electron chi connectivity index (χ4n) is 3.32. The van der Waals surface area contributed by atoms with Gasteiger partial charge in [-0.2, -0.15) is 0 Å². The van der Waals surface area contributed by atoms with E-state index in [2.05, 4.69) is 29.0 Å². The zero-order valence-electron chi connectivity index (χ0n) is 20.0. The second-order valence-corrected chi connectivity index (χ2v) is 11.7. The number of esters is 2. The highest BCUT2D eigenvalue weighted by Crippen LogP contribution is 2.51. The molecule has 1 aromatic rings. The van der Waals surface area contributed by atoms with Crippen molar-refractivity contribution in [3.63, 3.8) is 0 Å². The van der Waals surface area contributed by atoms with E-state index >= 15 is 0 Å². The van der Waals surface area contributed by atoms with E-state index < -0.39 is 37.3 Å². The number of carbonyl (C=O) groups is 2. The number of aromatic nitrogens is 1. The van der Waals surface area contributed by atoms with Crippen LogP contribution < -0.4 is 15.9 Å². The zero-order chi connectivity index (χ0) is 24.8. The number of thiazole rings is 1. The van der Waals surface area contributed by atoms with Crippen LogP contribution in [0.15, 0.2) is 6.08 Å². The summed E-state index contributed by atoms with van der Waals surface area (Å²) in [4.78, 5) is 29.8. The second-order valence-electron chi connectivity index (χ2n) is 8.16. The van der Waals surface area contributed by atoms with E-state index in [0.717, 1.165) is 11.3 Å². The van der Waals surface area contributed by atoms with Gasteiger partial charge >= 0.3 is 11.9 Å². The summed E-state index contributed by atoms with van der Waals surface area (Å²) in [6.45, 7) is 11.1. The number of carbonyl (C=O) groups excluding carboxylic acids is 2. The molecule has 4 atom stereocenters. The quantitative estimate of drug-likeness (QED) is 0.288. The highest BCUT2D eigenvalue weighted by atomic mass is 32.1. The maximum absolute atomic E-state index is 14.1. The lowest BCUT2D eigenvalue weighted by Crippen LogP contribution is -2.44. The van der Waals surface area contributed by atoms with E-state index in [1.165, 1.54) is 11.3 Å². The summed E-state index contributed by atoms with van der Waals surface area (Å²) >= 11 is 1.40. The van der Waals surface area contributed by atoms with E-state index in [4.69, 9.17) is 19.9 Å². The summed E-state index contributed by atoms with van der Waals surface area (Å²) in [7, 11) is -3.66. The van der Waals surface area contributed by atoms with Gasteiger partial charge in [0.15, 0.2) is 11.0 Å².